The molecule has 2 aliphatic carbocycles. The average Bonchev–Trinajstić information content (AvgIpc) is 3.17. The number of nitrogens with two attached hydrogens (primary N) is 1. The van der Waals surface area contributed by atoms with E-state index in [0.29, 0.717) is 23.0 Å². The van der Waals surface area contributed by atoms with Crippen molar-refractivity contribution in [1.82, 2.24) is 5.16 Å². The van der Waals surface area contributed by atoms with Gasteiger partial charge < -0.3 is 10.3 Å². The van der Waals surface area contributed by atoms with Gasteiger partial charge in [0.1, 0.15) is 11.6 Å². The highest BCUT2D eigenvalue weighted by Gasteiger charge is 2.43. The summed E-state index contributed by atoms with van der Waals surface area (Å²) in [5.41, 5.74) is 6.92. The molecule has 3 unspecified atom stereocenters. The molecule has 0 amide bonds. The first-order chi connectivity index (χ1) is 10.1. The Kier molecular flexibility index (Phi) is 2.96. The van der Waals surface area contributed by atoms with E-state index in [1.807, 2.05) is 0 Å². The first kappa shape index (κ1) is 13.1. The number of nitrogen functional groups attached to an aromatic ring is 1. The summed E-state index contributed by atoms with van der Waals surface area (Å²) in [5, 5.41) is 3.97. The molecule has 0 spiro atoms. The van der Waals surface area contributed by atoms with Gasteiger partial charge in [0.25, 0.3) is 0 Å². The molecule has 1 heterocycles. The maximum absolute atomic E-state index is 14.3. The second-order valence-electron chi connectivity index (χ2n) is 6.19. The predicted octanol–water partition coefficient (Wildman–Crippen LogP) is 4.62. The van der Waals surface area contributed by atoms with Crippen molar-refractivity contribution in [1.29, 1.82) is 0 Å². The van der Waals surface area contributed by atoms with Crippen LogP contribution < -0.4 is 5.73 Å². The van der Waals surface area contributed by atoms with Gasteiger partial charge in [0.2, 0.25) is 0 Å². The van der Waals surface area contributed by atoms with Crippen molar-refractivity contribution in [2.24, 2.45) is 11.8 Å². The molecule has 3 atom stereocenters. The van der Waals surface area contributed by atoms with Gasteiger partial charge in [0.05, 0.1) is 10.6 Å². The summed E-state index contributed by atoms with van der Waals surface area (Å²) in [5.74, 6) is 2.21. The van der Waals surface area contributed by atoms with Gasteiger partial charge in [-0.3, -0.25) is 0 Å². The molecule has 5 heteroatoms. The minimum Gasteiger partial charge on any atom is -0.380 e. The van der Waals surface area contributed by atoms with Crippen LogP contribution in [-0.4, -0.2) is 5.16 Å². The van der Waals surface area contributed by atoms with Crippen LogP contribution in [0.15, 0.2) is 22.7 Å². The third kappa shape index (κ3) is 1.96. The number of hydrogen-bond acceptors (Lipinski definition) is 3. The molecule has 110 valence electrons. The lowest BCUT2D eigenvalue weighted by Gasteiger charge is -2.20. The van der Waals surface area contributed by atoms with Crippen LogP contribution in [0.2, 0.25) is 5.02 Å². The monoisotopic (exact) mass is 306 g/mol. The van der Waals surface area contributed by atoms with Crippen LogP contribution in [-0.2, 0) is 0 Å². The van der Waals surface area contributed by atoms with E-state index in [9.17, 15) is 4.39 Å². The van der Waals surface area contributed by atoms with E-state index in [0.717, 1.165) is 18.1 Å². The van der Waals surface area contributed by atoms with Gasteiger partial charge in [-0.1, -0.05) is 35.3 Å². The maximum atomic E-state index is 14.3. The first-order valence-electron chi connectivity index (χ1n) is 7.34. The lowest BCUT2D eigenvalue weighted by Crippen LogP contribution is -2.09. The van der Waals surface area contributed by atoms with E-state index in [4.69, 9.17) is 21.9 Å². The van der Waals surface area contributed by atoms with Gasteiger partial charge in [-0.2, -0.15) is 0 Å². The minimum atomic E-state index is -0.460. The van der Waals surface area contributed by atoms with Crippen molar-refractivity contribution in [2.75, 3.05) is 5.73 Å². The molecule has 0 aliphatic heterocycles. The van der Waals surface area contributed by atoms with Crippen molar-refractivity contribution in [3.63, 3.8) is 0 Å². The topological polar surface area (TPSA) is 52.0 Å². The van der Waals surface area contributed by atoms with Gasteiger partial charge in [-0.25, -0.2) is 4.39 Å². The Hall–Kier alpha value is -1.55. The van der Waals surface area contributed by atoms with Crippen LogP contribution in [0.3, 0.4) is 0 Å². The lowest BCUT2D eigenvalue weighted by molar-refractivity contribution is 0.311. The molecule has 0 radical (unpaired) electrons. The molecular formula is C16H16ClFN2O. The molecule has 2 aliphatic rings. The summed E-state index contributed by atoms with van der Waals surface area (Å²) < 4.78 is 19.8. The smallest absolute Gasteiger partial charge is 0.175 e. The van der Waals surface area contributed by atoms with Crippen molar-refractivity contribution < 1.29 is 8.91 Å². The number of fused-ring (bicyclic) bond motifs is 2. The highest BCUT2D eigenvalue weighted by atomic mass is 35.5. The van der Waals surface area contributed by atoms with Gasteiger partial charge in [0.15, 0.2) is 5.82 Å². The molecule has 2 saturated carbocycles. The van der Waals surface area contributed by atoms with E-state index in [1.165, 1.54) is 25.3 Å². The van der Waals surface area contributed by atoms with Crippen LogP contribution >= 0.6 is 11.6 Å². The number of nitrogens with zero attached hydrogens (tertiary/aromatic N) is 1. The summed E-state index contributed by atoms with van der Waals surface area (Å²) in [4.78, 5) is 0. The molecule has 1 aromatic carbocycles. The largest absolute Gasteiger partial charge is 0.380 e. The van der Waals surface area contributed by atoms with E-state index in [-0.39, 0.29) is 10.8 Å². The summed E-state index contributed by atoms with van der Waals surface area (Å²) in [6.45, 7) is 0. The van der Waals surface area contributed by atoms with Crippen molar-refractivity contribution in [3.05, 3.63) is 34.8 Å². The molecule has 4 rings (SSSR count). The zero-order valence-electron chi connectivity index (χ0n) is 11.5. The normalized spacial score (nSPS) is 27.4. The fraction of sp³-hybridized carbons (Fsp3) is 0.438. The Morgan fingerprint density at radius 1 is 1.29 bits per heavy atom. The molecule has 2 bridgehead atoms. The molecule has 2 fully saturated rings. The Morgan fingerprint density at radius 3 is 2.86 bits per heavy atom. The summed E-state index contributed by atoms with van der Waals surface area (Å²) in [6, 6.07) is 4.93. The van der Waals surface area contributed by atoms with Crippen molar-refractivity contribution in [2.45, 2.75) is 31.6 Å². The van der Waals surface area contributed by atoms with E-state index in [2.05, 4.69) is 5.16 Å². The second kappa shape index (κ2) is 4.73. The fourth-order valence-electron chi connectivity index (χ4n) is 4.10. The first-order valence-corrected chi connectivity index (χ1v) is 7.72. The minimum absolute atomic E-state index is 0.0898. The summed E-state index contributed by atoms with van der Waals surface area (Å²) >= 11 is 5.89. The number of aromatic nitrogens is 1. The van der Waals surface area contributed by atoms with E-state index in [1.54, 1.807) is 12.1 Å². The molecule has 2 N–H and O–H groups in total. The number of hydrogen-bond donors (Lipinski definition) is 1. The Balaban J connectivity index is 1.83. The number of halogens is 2. The Morgan fingerprint density at radius 2 is 2.14 bits per heavy atom. The quantitative estimate of drug-likeness (QED) is 0.880. The molecule has 3 nitrogen and oxygen atoms in total. The predicted molar refractivity (Wildman–Crippen MR) is 79.5 cm³/mol. The third-order valence-corrected chi connectivity index (χ3v) is 5.33. The summed E-state index contributed by atoms with van der Waals surface area (Å²) in [7, 11) is 0. The Bertz CT molecular complexity index is 700. The zero-order valence-corrected chi connectivity index (χ0v) is 12.2. The Labute approximate surface area is 127 Å². The molecular weight excluding hydrogens is 291 g/mol. The molecule has 2 aromatic rings. The zero-order chi connectivity index (χ0) is 14.6. The number of rotatable bonds is 2. The van der Waals surface area contributed by atoms with E-state index < -0.39 is 5.82 Å². The highest BCUT2D eigenvalue weighted by Crippen LogP contribution is 2.55. The van der Waals surface area contributed by atoms with Crippen LogP contribution in [0.25, 0.3) is 11.1 Å². The second-order valence-corrected chi connectivity index (χ2v) is 6.60. The van der Waals surface area contributed by atoms with Crippen LogP contribution in [0.4, 0.5) is 10.2 Å². The average molecular weight is 307 g/mol. The van der Waals surface area contributed by atoms with Crippen molar-refractivity contribution in [3.8, 4) is 11.1 Å². The number of anilines is 1. The molecule has 0 saturated heterocycles. The maximum Gasteiger partial charge on any atom is 0.175 e. The van der Waals surface area contributed by atoms with Crippen LogP contribution in [0, 0.1) is 17.7 Å². The van der Waals surface area contributed by atoms with Gasteiger partial charge in [-0.05, 0) is 37.2 Å². The highest BCUT2D eigenvalue weighted by molar-refractivity contribution is 6.31. The van der Waals surface area contributed by atoms with Crippen LogP contribution in [0.5, 0.6) is 0 Å². The standard InChI is InChI=1S/C16H16ClFN2O/c17-12-3-1-2-10(14(12)18)13-15(21-20-16(13)19)11-7-8-4-5-9(11)6-8/h1-3,8-9,11H,4-7H2,(H2,19,20). The molecule has 21 heavy (non-hydrogen) atoms. The third-order valence-electron chi connectivity index (χ3n) is 5.04. The van der Waals surface area contributed by atoms with Gasteiger partial charge >= 0.3 is 0 Å². The fourth-order valence-corrected chi connectivity index (χ4v) is 4.28. The number of benzene rings is 1. The van der Waals surface area contributed by atoms with Gasteiger partial charge in [0, 0.05) is 11.5 Å². The van der Waals surface area contributed by atoms with Gasteiger partial charge in [-0.15, -0.1) is 0 Å². The summed E-state index contributed by atoms with van der Waals surface area (Å²) in [6.07, 6.45) is 4.84. The van der Waals surface area contributed by atoms with E-state index >= 15 is 0 Å². The SMILES string of the molecule is Nc1noc(C2CC3CCC2C3)c1-c1cccc(Cl)c1F. The van der Waals surface area contributed by atoms with Crippen LogP contribution in [0.1, 0.15) is 37.4 Å². The molecule has 1 aromatic heterocycles. The van der Waals surface area contributed by atoms with Crippen molar-refractivity contribution >= 4 is 17.4 Å². The lowest BCUT2D eigenvalue weighted by atomic mass is 9.84.